The van der Waals surface area contributed by atoms with Crippen molar-refractivity contribution in [3.05, 3.63) is 35.6 Å². The monoisotopic (exact) mass is 257 g/mol. The smallest absolute Gasteiger partial charge is 0.224 e. The Bertz CT molecular complexity index is 381. The van der Waals surface area contributed by atoms with Gasteiger partial charge in [-0.05, 0) is 23.6 Å². The molecule has 1 rings (SSSR count). The SMILES string of the molecule is CC(C)C(Cl)CNC(=O)Cc1cccc(F)c1. The molecule has 1 amide bonds. The van der Waals surface area contributed by atoms with Crippen molar-refractivity contribution >= 4 is 17.5 Å². The second-order valence-corrected chi connectivity index (χ2v) is 4.93. The number of carbonyl (C=O) groups is 1. The standard InChI is InChI=1S/C13H17ClFNO/c1-9(2)12(14)8-16-13(17)7-10-4-3-5-11(15)6-10/h3-6,9,12H,7-8H2,1-2H3,(H,16,17). The van der Waals surface area contributed by atoms with Crippen molar-refractivity contribution in [1.82, 2.24) is 5.32 Å². The van der Waals surface area contributed by atoms with Crippen LogP contribution in [0.4, 0.5) is 4.39 Å². The molecule has 0 aliphatic heterocycles. The summed E-state index contributed by atoms with van der Waals surface area (Å²) in [5.41, 5.74) is 0.665. The Balaban J connectivity index is 2.40. The van der Waals surface area contributed by atoms with Crippen molar-refractivity contribution in [3.63, 3.8) is 0 Å². The van der Waals surface area contributed by atoms with E-state index in [9.17, 15) is 9.18 Å². The molecule has 1 aromatic rings. The minimum absolute atomic E-state index is 0.0774. The molecule has 0 radical (unpaired) electrons. The molecule has 94 valence electrons. The topological polar surface area (TPSA) is 29.1 Å². The van der Waals surface area contributed by atoms with Gasteiger partial charge in [-0.25, -0.2) is 4.39 Å². The van der Waals surface area contributed by atoms with Crippen molar-refractivity contribution in [2.75, 3.05) is 6.54 Å². The van der Waals surface area contributed by atoms with Gasteiger partial charge in [0.2, 0.25) is 5.91 Å². The van der Waals surface area contributed by atoms with Gasteiger partial charge in [0.25, 0.3) is 0 Å². The average Bonchev–Trinajstić information content (AvgIpc) is 2.25. The van der Waals surface area contributed by atoms with Crippen LogP contribution in [0.15, 0.2) is 24.3 Å². The number of halogens is 2. The Morgan fingerprint density at radius 1 is 1.47 bits per heavy atom. The molecule has 0 saturated carbocycles. The van der Waals surface area contributed by atoms with E-state index in [1.165, 1.54) is 12.1 Å². The van der Waals surface area contributed by atoms with Gasteiger partial charge in [0.15, 0.2) is 0 Å². The first-order valence-corrected chi connectivity index (χ1v) is 6.08. The predicted octanol–water partition coefficient (Wildman–Crippen LogP) is 2.75. The van der Waals surface area contributed by atoms with E-state index in [2.05, 4.69) is 5.32 Å². The Morgan fingerprint density at radius 3 is 2.76 bits per heavy atom. The first-order valence-electron chi connectivity index (χ1n) is 5.64. The van der Waals surface area contributed by atoms with Crippen LogP contribution in [0.25, 0.3) is 0 Å². The van der Waals surface area contributed by atoms with Crippen molar-refractivity contribution in [3.8, 4) is 0 Å². The normalized spacial score (nSPS) is 12.5. The van der Waals surface area contributed by atoms with Gasteiger partial charge in [-0.3, -0.25) is 4.79 Å². The number of rotatable bonds is 5. The maximum absolute atomic E-state index is 12.9. The van der Waals surface area contributed by atoms with E-state index < -0.39 is 0 Å². The minimum Gasteiger partial charge on any atom is -0.354 e. The summed E-state index contributed by atoms with van der Waals surface area (Å²) in [5, 5.41) is 2.66. The van der Waals surface area contributed by atoms with E-state index in [0.29, 0.717) is 18.0 Å². The molecular weight excluding hydrogens is 241 g/mol. The number of hydrogen-bond acceptors (Lipinski definition) is 1. The fourth-order valence-electron chi connectivity index (χ4n) is 1.34. The predicted molar refractivity (Wildman–Crippen MR) is 67.6 cm³/mol. The van der Waals surface area contributed by atoms with Crippen LogP contribution in [-0.2, 0) is 11.2 Å². The van der Waals surface area contributed by atoms with Gasteiger partial charge in [0.1, 0.15) is 5.82 Å². The summed E-state index contributed by atoms with van der Waals surface area (Å²) < 4.78 is 12.9. The van der Waals surface area contributed by atoms with Crippen LogP contribution in [0.1, 0.15) is 19.4 Å². The maximum Gasteiger partial charge on any atom is 0.224 e. The number of hydrogen-bond donors (Lipinski definition) is 1. The van der Waals surface area contributed by atoms with Gasteiger partial charge in [0, 0.05) is 6.54 Å². The highest BCUT2D eigenvalue weighted by Gasteiger charge is 2.11. The van der Waals surface area contributed by atoms with Crippen LogP contribution in [0.5, 0.6) is 0 Å². The lowest BCUT2D eigenvalue weighted by Crippen LogP contribution is -2.32. The van der Waals surface area contributed by atoms with Gasteiger partial charge >= 0.3 is 0 Å². The first kappa shape index (κ1) is 14.0. The number of benzene rings is 1. The fraction of sp³-hybridized carbons (Fsp3) is 0.462. The van der Waals surface area contributed by atoms with E-state index in [1.54, 1.807) is 12.1 Å². The van der Waals surface area contributed by atoms with Crippen LogP contribution in [0.3, 0.4) is 0 Å². The van der Waals surface area contributed by atoms with Crippen LogP contribution in [0.2, 0.25) is 0 Å². The van der Waals surface area contributed by atoms with Gasteiger partial charge in [-0.1, -0.05) is 26.0 Å². The second kappa shape index (κ2) is 6.60. The fourth-order valence-corrected chi connectivity index (χ4v) is 1.42. The highest BCUT2D eigenvalue weighted by atomic mass is 35.5. The molecule has 1 unspecified atom stereocenters. The summed E-state index contributed by atoms with van der Waals surface area (Å²) in [6, 6.07) is 6.04. The molecule has 0 aliphatic carbocycles. The molecule has 0 spiro atoms. The lowest BCUT2D eigenvalue weighted by molar-refractivity contribution is -0.120. The molecule has 17 heavy (non-hydrogen) atoms. The zero-order valence-electron chi connectivity index (χ0n) is 10.0. The molecule has 1 atom stereocenters. The van der Waals surface area contributed by atoms with Crippen molar-refractivity contribution in [2.45, 2.75) is 25.6 Å². The highest BCUT2D eigenvalue weighted by Crippen LogP contribution is 2.08. The Kier molecular flexibility index (Phi) is 5.42. The van der Waals surface area contributed by atoms with Crippen LogP contribution in [0, 0.1) is 11.7 Å². The largest absolute Gasteiger partial charge is 0.354 e. The van der Waals surface area contributed by atoms with E-state index in [1.807, 2.05) is 13.8 Å². The average molecular weight is 258 g/mol. The van der Waals surface area contributed by atoms with Gasteiger partial charge < -0.3 is 5.32 Å². The summed E-state index contributed by atoms with van der Waals surface area (Å²) in [6.45, 7) is 4.43. The quantitative estimate of drug-likeness (QED) is 0.808. The number of alkyl halides is 1. The van der Waals surface area contributed by atoms with Gasteiger partial charge in [0.05, 0.1) is 11.8 Å². The highest BCUT2D eigenvalue weighted by molar-refractivity contribution is 6.21. The van der Waals surface area contributed by atoms with E-state index >= 15 is 0 Å². The molecule has 0 heterocycles. The third-order valence-corrected chi connectivity index (χ3v) is 3.13. The van der Waals surface area contributed by atoms with Crippen molar-refractivity contribution < 1.29 is 9.18 Å². The third kappa shape index (κ3) is 5.18. The molecule has 1 N–H and O–H groups in total. The number of amides is 1. The van der Waals surface area contributed by atoms with Crippen molar-refractivity contribution in [1.29, 1.82) is 0 Å². The molecule has 0 saturated heterocycles. The third-order valence-electron chi connectivity index (χ3n) is 2.47. The molecular formula is C13H17ClFNO. The zero-order valence-corrected chi connectivity index (χ0v) is 10.8. The van der Waals surface area contributed by atoms with Crippen molar-refractivity contribution in [2.24, 2.45) is 5.92 Å². The summed E-state index contributed by atoms with van der Waals surface area (Å²) in [6.07, 6.45) is 0.180. The number of carbonyl (C=O) groups excluding carboxylic acids is 1. The first-order chi connectivity index (χ1) is 7.99. The summed E-state index contributed by atoms with van der Waals surface area (Å²) >= 11 is 6.01. The Labute approximate surface area is 106 Å². The molecule has 0 bridgehead atoms. The molecule has 0 fully saturated rings. The second-order valence-electron chi connectivity index (χ2n) is 4.37. The summed E-state index contributed by atoms with van der Waals surface area (Å²) in [5.74, 6) is -0.152. The van der Waals surface area contributed by atoms with E-state index in [-0.39, 0.29) is 23.5 Å². The van der Waals surface area contributed by atoms with Gasteiger partial charge in [-0.2, -0.15) is 0 Å². The lowest BCUT2D eigenvalue weighted by atomic mass is 10.1. The Morgan fingerprint density at radius 2 is 2.18 bits per heavy atom. The molecule has 1 aromatic carbocycles. The van der Waals surface area contributed by atoms with E-state index in [0.717, 1.165) is 0 Å². The van der Waals surface area contributed by atoms with Crippen LogP contribution < -0.4 is 5.32 Å². The molecule has 4 heteroatoms. The Hall–Kier alpha value is -1.09. The summed E-state index contributed by atoms with van der Waals surface area (Å²) in [4.78, 5) is 11.6. The number of nitrogens with one attached hydrogen (secondary N) is 1. The van der Waals surface area contributed by atoms with E-state index in [4.69, 9.17) is 11.6 Å². The molecule has 0 aliphatic rings. The van der Waals surface area contributed by atoms with Crippen LogP contribution in [-0.4, -0.2) is 17.8 Å². The summed E-state index contributed by atoms with van der Waals surface area (Å²) in [7, 11) is 0. The molecule has 0 aromatic heterocycles. The van der Waals surface area contributed by atoms with Crippen LogP contribution >= 0.6 is 11.6 Å². The minimum atomic E-state index is -0.326. The lowest BCUT2D eigenvalue weighted by Gasteiger charge is -2.14. The zero-order chi connectivity index (χ0) is 12.8. The maximum atomic E-state index is 12.9. The van der Waals surface area contributed by atoms with Gasteiger partial charge in [-0.15, -0.1) is 11.6 Å². The molecule has 2 nitrogen and oxygen atoms in total.